The number of nitrogens with two attached hydrogens (primary N) is 2. The fourth-order valence-electron chi connectivity index (χ4n) is 0.738. The number of aromatic nitrogens is 1. The van der Waals surface area contributed by atoms with Gasteiger partial charge in [-0.1, -0.05) is 0 Å². The van der Waals surface area contributed by atoms with Crippen LogP contribution in [0.2, 0.25) is 0 Å². The number of nitrogens with zero attached hydrogens (tertiary/aromatic N) is 1. The molecule has 0 aliphatic carbocycles. The van der Waals surface area contributed by atoms with E-state index >= 15 is 0 Å². The second kappa shape index (κ2) is 3.68. The molecule has 0 unspecified atom stereocenters. The minimum absolute atomic E-state index is 0.0395. The summed E-state index contributed by atoms with van der Waals surface area (Å²) >= 11 is 0. The van der Waals surface area contributed by atoms with E-state index < -0.39 is 0 Å². The number of nitrogen functional groups attached to an aromatic ring is 1. The molecule has 0 aromatic carbocycles. The Kier molecular flexibility index (Phi) is 2.60. The summed E-state index contributed by atoms with van der Waals surface area (Å²) in [6.07, 6.45) is 1.52. The van der Waals surface area contributed by atoms with Gasteiger partial charge in [-0.15, -0.1) is 0 Å². The zero-order chi connectivity index (χ0) is 8.97. The maximum Gasteiger partial charge on any atom is 0.238 e. The summed E-state index contributed by atoms with van der Waals surface area (Å²) in [6.45, 7) is -0.0395. The fraction of sp³-hybridized carbons (Fsp3) is 0.143. The van der Waals surface area contributed by atoms with E-state index in [2.05, 4.69) is 10.3 Å². The van der Waals surface area contributed by atoms with Crippen molar-refractivity contribution in [3.63, 3.8) is 0 Å². The van der Waals surface area contributed by atoms with Crippen molar-refractivity contribution in [3.05, 3.63) is 18.3 Å². The molecule has 5 heteroatoms. The van der Waals surface area contributed by atoms with Gasteiger partial charge in [0.1, 0.15) is 5.82 Å². The van der Waals surface area contributed by atoms with Crippen LogP contribution in [0.15, 0.2) is 18.3 Å². The molecule has 0 spiro atoms. The summed E-state index contributed by atoms with van der Waals surface area (Å²) in [4.78, 5) is 14.6. The minimum atomic E-state index is -0.249. The Balaban J connectivity index is 2.69. The maximum atomic E-state index is 10.8. The van der Waals surface area contributed by atoms with Crippen molar-refractivity contribution in [1.82, 2.24) is 4.98 Å². The Hall–Kier alpha value is -1.62. The summed E-state index contributed by atoms with van der Waals surface area (Å²) < 4.78 is 0. The molecular weight excluding hydrogens is 156 g/mol. The molecule has 0 fully saturated rings. The molecule has 12 heavy (non-hydrogen) atoms. The largest absolute Gasteiger partial charge is 0.384 e. The van der Waals surface area contributed by atoms with E-state index in [9.17, 15) is 4.79 Å². The Bertz CT molecular complexity index is 286. The van der Waals surface area contributed by atoms with Crippen LogP contribution in [0.4, 0.5) is 11.5 Å². The van der Waals surface area contributed by atoms with Gasteiger partial charge in [0.05, 0.1) is 6.54 Å². The molecule has 1 heterocycles. The van der Waals surface area contributed by atoms with Gasteiger partial charge < -0.3 is 16.8 Å². The van der Waals surface area contributed by atoms with Crippen LogP contribution in [0.1, 0.15) is 0 Å². The van der Waals surface area contributed by atoms with Crippen molar-refractivity contribution >= 4 is 17.4 Å². The monoisotopic (exact) mass is 166 g/mol. The first kappa shape index (κ1) is 8.48. The summed E-state index contributed by atoms with van der Waals surface area (Å²) in [5.74, 6) is 0.116. The van der Waals surface area contributed by atoms with Gasteiger partial charge in [-0.25, -0.2) is 4.98 Å². The number of hydrogen-bond donors (Lipinski definition) is 3. The zero-order valence-electron chi connectivity index (χ0n) is 6.45. The van der Waals surface area contributed by atoms with E-state index in [1.807, 2.05) is 0 Å². The van der Waals surface area contributed by atoms with Crippen molar-refractivity contribution in [1.29, 1.82) is 0 Å². The topological polar surface area (TPSA) is 94.0 Å². The Morgan fingerprint density at radius 1 is 1.67 bits per heavy atom. The SMILES string of the molecule is NCC(=O)Nc1ccnc(N)c1. The highest BCUT2D eigenvalue weighted by Crippen LogP contribution is 2.07. The summed E-state index contributed by atoms with van der Waals surface area (Å²) in [5, 5.41) is 2.55. The molecule has 64 valence electrons. The summed E-state index contributed by atoms with van der Waals surface area (Å²) in [7, 11) is 0. The lowest BCUT2D eigenvalue weighted by Gasteiger charge is -2.02. The number of carbonyl (C=O) groups excluding carboxylic acids is 1. The first-order chi connectivity index (χ1) is 5.72. The molecule has 5 N–H and O–H groups in total. The van der Waals surface area contributed by atoms with Crippen LogP contribution in [0, 0.1) is 0 Å². The number of hydrogen-bond acceptors (Lipinski definition) is 4. The third-order valence-corrected chi connectivity index (χ3v) is 1.25. The van der Waals surface area contributed by atoms with Gasteiger partial charge in [-0.2, -0.15) is 0 Å². The van der Waals surface area contributed by atoms with E-state index in [1.165, 1.54) is 6.20 Å². The number of carbonyl (C=O) groups is 1. The fourth-order valence-corrected chi connectivity index (χ4v) is 0.738. The smallest absolute Gasteiger partial charge is 0.238 e. The van der Waals surface area contributed by atoms with E-state index in [0.29, 0.717) is 11.5 Å². The Morgan fingerprint density at radius 2 is 2.42 bits per heavy atom. The van der Waals surface area contributed by atoms with Gasteiger partial charge in [-0.05, 0) is 6.07 Å². The average Bonchev–Trinajstić information content (AvgIpc) is 2.04. The molecule has 1 amide bonds. The van der Waals surface area contributed by atoms with Crippen molar-refractivity contribution in [2.24, 2.45) is 5.73 Å². The molecule has 1 aromatic heterocycles. The number of amides is 1. The normalized spacial score (nSPS) is 9.42. The lowest BCUT2D eigenvalue weighted by atomic mass is 10.4. The van der Waals surface area contributed by atoms with Crippen molar-refractivity contribution in [2.45, 2.75) is 0 Å². The van der Waals surface area contributed by atoms with Gasteiger partial charge in [0.2, 0.25) is 5.91 Å². The van der Waals surface area contributed by atoms with E-state index in [-0.39, 0.29) is 12.5 Å². The number of pyridine rings is 1. The summed E-state index contributed by atoms with van der Waals surface area (Å²) in [5.41, 5.74) is 11.1. The average molecular weight is 166 g/mol. The molecule has 0 aliphatic heterocycles. The van der Waals surface area contributed by atoms with Crippen molar-refractivity contribution in [2.75, 3.05) is 17.6 Å². The van der Waals surface area contributed by atoms with E-state index in [4.69, 9.17) is 11.5 Å². The van der Waals surface area contributed by atoms with E-state index in [0.717, 1.165) is 0 Å². The highest BCUT2D eigenvalue weighted by molar-refractivity contribution is 5.92. The van der Waals surface area contributed by atoms with Crippen LogP contribution >= 0.6 is 0 Å². The molecule has 0 bridgehead atoms. The minimum Gasteiger partial charge on any atom is -0.384 e. The van der Waals surface area contributed by atoms with Gasteiger partial charge in [-0.3, -0.25) is 4.79 Å². The van der Waals surface area contributed by atoms with Crippen molar-refractivity contribution in [3.8, 4) is 0 Å². The molecule has 1 rings (SSSR count). The second-order valence-corrected chi connectivity index (χ2v) is 2.22. The number of nitrogens with one attached hydrogen (secondary N) is 1. The molecule has 5 nitrogen and oxygen atoms in total. The molecule has 0 saturated carbocycles. The highest BCUT2D eigenvalue weighted by Gasteiger charge is 1.98. The highest BCUT2D eigenvalue weighted by atomic mass is 16.1. The van der Waals surface area contributed by atoms with Gasteiger partial charge >= 0.3 is 0 Å². The standard InChI is InChI=1S/C7H10N4O/c8-4-7(12)11-5-1-2-10-6(9)3-5/h1-3H,4,8H2,(H3,9,10,11,12). The van der Waals surface area contributed by atoms with Crippen molar-refractivity contribution < 1.29 is 4.79 Å². The number of rotatable bonds is 2. The van der Waals surface area contributed by atoms with Gasteiger partial charge in [0.25, 0.3) is 0 Å². The molecule has 0 atom stereocenters. The zero-order valence-corrected chi connectivity index (χ0v) is 6.45. The van der Waals surface area contributed by atoms with Gasteiger partial charge in [0.15, 0.2) is 0 Å². The van der Waals surface area contributed by atoms with Crippen LogP contribution in [0.5, 0.6) is 0 Å². The predicted molar refractivity (Wildman–Crippen MR) is 46.3 cm³/mol. The Labute approximate surface area is 69.8 Å². The van der Waals surface area contributed by atoms with Crippen LogP contribution in [-0.4, -0.2) is 17.4 Å². The molecule has 0 aliphatic rings. The lowest BCUT2D eigenvalue weighted by Crippen LogP contribution is -2.21. The number of anilines is 2. The first-order valence-corrected chi connectivity index (χ1v) is 3.44. The van der Waals surface area contributed by atoms with Crippen LogP contribution < -0.4 is 16.8 Å². The third-order valence-electron chi connectivity index (χ3n) is 1.25. The van der Waals surface area contributed by atoms with E-state index in [1.54, 1.807) is 12.1 Å². The molecular formula is C7H10N4O. The van der Waals surface area contributed by atoms with Crippen LogP contribution in [-0.2, 0) is 4.79 Å². The molecule has 0 saturated heterocycles. The molecule has 0 radical (unpaired) electrons. The maximum absolute atomic E-state index is 10.8. The molecule has 1 aromatic rings. The second-order valence-electron chi connectivity index (χ2n) is 2.22. The Morgan fingerprint density at radius 3 is 3.00 bits per heavy atom. The van der Waals surface area contributed by atoms with Crippen LogP contribution in [0.3, 0.4) is 0 Å². The summed E-state index contributed by atoms with van der Waals surface area (Å²) in [6, 6.07) is 3.21. The predicted octanol–water partition coefficient (Wildman–Crippen LogP) is -0.439. The first-order valence-electron chi connectivity index (χ1n) is 3.44. The third kappa shape index (κ3) is 2.21. The quantitative estimate of drug-likeness (QED) is 0.555. The van der Waals surface area contributed by atoms with Crippen LogP contribution in [0.25, 0.3) is 0 Å². The lowest BCUT2D eigenvalue weighted by molar-refractivity contribution is -0.114. The van der Waals surface area contributed by atoms with Gasteiger partial charge in [0, 0.05) is 18.0 Å².